The molecule has 3 aromatic rings. The molecule has 0 aromatic heterocycles. The van der Waals surface area contributed by atoms with Crippen molar-refractivity contribution < 1.29 is 24.4 Å². The van der Waals surface area contributed by atoms with Gasteiger partial charge in [0.25, 0.3) is 0 Å². The molecule has 6 heteroatoms. The maximum atomic E-state index is 10.2. The second-order valence-electron chi connectivity index (χ2n) is 9.67. The Kier molecular flexibility index (Phi) is 6.20. The van der Waals surface area contributed by atoms with Gasteiger partial charge in [-0.05, 0) is 67.9 Å². The topological polar surface area (TPSA) is 71.4 Å². The molecule has 1 fully saturated rings. The SMILES string of the molecule is Oc1ccc2c(c1)O[C@H](c1cccc(OCCN3CCCCC3)c1)C1=C2CCOc2cc(O)ccc21. The summed E-state index contributed by atoms with van der Waals surface area (Å²) in [4.78, 5) is 2.47. The van der Waals surface area contributed by atoms with Gasteiger partial charge >= 0.3 is 0 Å². The number of hydrogen-bond acceptors (Lipinski definition) is 6. The van der Waals surface area contributed by atoms with E-state index in [1.807, 2.05) is 36.4 Å². The monoisotopic (exact) mass is 485 g/mol. The van der Waals surface area contributed by atoms with Crippen molar-refractivity contribution in [2.45, 2.75) is 31.8 Å². The van der Waals surface area contributed by atoms with Gasteiger partial charge in [-0.15, -0.1) is 0 Å². The Hall–Kier alpha value is -3.64. The third-order valence-electron chi connectivity index (χ3n) is 7.27. The zero-order valence-electron chi connectivity index (χ0n) is 20.3. The minimum absolute atomic E-state index is 0.167. The predicted molar refractivity (Wildman–Crippen MR) is 139 cm³/mol. The lowest BCUT2D eigenvalue weighted by atomic mass is 9.84. The molecule has 3 aliphatic rings. The van der Waals surface area contributed by atoms with E-state index in [0.29, 0.717) is 31.1 Å². The molecule has 3 aromatic carbocycles. The number of likely N-dealkylation sites (tertiary alicyclic amines) is 1. The van der Waals surface area contributed by atoms with E-state index in [0.717, 1.165) is 53.2 Å². The summed E-state index contributed by atoms with van der Waals surface area (Å²) in [7, 11) is 0. The average Bonchev–Trinajstić information content (AvgIpc) is 3.08. The van der Waals surface area contributed by atoms with Gasteiger partial charge in [-0.1, -0.05) is 18.6 Å². The first kappa shape index (κ1) is 22.8. The second-order valence-corrected chi connectivity index (χ2v) is 9.67. The molecule has 36 heavy (non-hydrogen) atoms. The van der Waals surface area contributed by atoms with Crippen molar-refractivity contribution in [1.29, 1.82) is 0 Å². The van der Waals surface area contributed by atoms with Crippen LogP contribution in [0.25, 0.3) is 11.1 Å². The van der Waals surface area contributed by atoms with E-state index in [1.165, 1.54) is 19.3 Å². The molecule has 3 aliphatic heterocycles. The summed E-state index contributed by atoms with van der Waals surface area (Å²) < 4.78 is 18.8. The van der Waals surface area contributed by atoms with Gasteiger partial charge in [-0.25, -0.2) is 0 Å². The highest BCUT2D eigenvalue weighted by molar-refractivity contribution is 5.98. The Bertz CT molecular complexity index is 1290. The van der Waals surface area contributed by atoms with E-state index in [-0.39, 0.29) is 11.5 Å². The molecule has 0 aliphatic carbocycles. The first-order valence-electron chi connectivity index (χ1n) is 12.8. The van der Waals surface area contributed by atoms with Crippen LogP contribution in [-0.2, 0) is 0 Å². The van der Waals surface area contributed by atoms with Crippen LogP contribution in [0.4, 0.5) is 0 Å². The largest absolute Gasteiger partial charge is 0.508 e. The Morgan fingerprint density at radius 1 is 0.861 bits per heavy atom. The predicted octanol–water partition coefficient (Wildman–Crippen LogP) is 5.79. The van der Waals surface area contributed by atoms with Crippen LogP contribution in [0.15, 0.2) is 60.7 Å². The molecule has 0 spiro atoms. The van der Waals surface area contributed by atoms with Crippen LogP contribution < -0.4 is 14.2 Å². The summed E-state index contributed by atoms with van der Waals surface area (Å²) in [5.74, 6) is 2.44. The third kappa shape index (κ3) is 4.49. The summed E-state index contributed by atoms with van der Waals surface area (Å²) in [6, 6.07) is 18.6. The number of ether oxygens (including phenoxy) is 3. The van der Waals surface area contributed by atoms with Gasteiger partial charge in [0.05, 0.1) is 6.61 Å². The highest BCUT2D eigenvalue weighted by Gasteiger charge is 2.34. The Morgan fingerprint density at radius 3 is 2.47 bits per heavy atom. The van der Waals surface area contributed by atoms with E-state index in [4.69, 9.17) is 14.2 Å². The normalized spacial score (nSPS) is 19.3. The van der Waals surface area contributed by atoms with Crippen molar-refractivity contribution in [2.24, 2.45) is 0 Å². The summed E-state index contributed by atoms with van der Waals surface area (Å²) >= 11 is 0. The number of aromatic hydroxyl groups is 2. The molecule has 6 nitrogen and oxygen atoms in total. The van der Waals surface area contributed by atoms with Gasteiger partial charge in [0, 0.05) is 47.4 Å². The summed E-state index contributed by atoms with van der Waals surface area (Å²) in [6.07, 6.45) is 4.14. The van der Waals surface area contributed by atoms with Crippen LogP contribution in [0, 0.1) is 0 Å². The molecule has 0 bridgehead atoms. The van der Waals surface area contributed by atoms with Gasteiger partial charge in [-0.3, -0.25) is 4.90 Å². The fourth-order valence-corrected chi connectivity index (χ4v) is 5.51. The number of nitrogens with zero attached hydrogens (tertiary/aromatic N) is 1. The summed E-state index contributed by atoms with van der Waals surface area (Å²) in [5.41, 5.74) is 4.97. The average molecular weight is 486 g/mol. The van der Waals surface area contributed by atoms with Crippen molar-refractivity contribution in [3.05, 3.63) is 77.4 Å². The van der Waals surface area contributed by atoms with Gasteiger partial charge in [0.15, 0.2) is 6.10 Å². The lowest BCUT2D eigenvalue weighted by Gasteiger charge is -2.31. The molecule has 1 saturated heterocycles. The molecular weight excluding hydrogens is 454 g/mol. The number of rotatable bonds is 5. The summed E-state index contributed by atoms with van der Waals surface area (Å²) in [6.45, 7) is 4.37. The number of phenolic OH excluding ortho intramolecular Hbond substituents is 2. The van der Waals surface area contributed by atoms with Crippen LogP contribution in [-0.4, -0.2) is 48.0 Å². The Labute approximate surface area is 211 Å². The van der Waals surface area contributed by atoms with Crippen LogP contribution in [0.1, 0.15) is 48.5 Å². The van der Waals surface area contributed by atoms with Crippen LogP contribution in [0.2, 0.25) is 0 Å². The lowest BCUT2D eigenvalue weighted by molar-refractivity contribution is 0.183. The molecule has 0 amide bonds. The van der Waals surface area contributed by atoms with Crippen molar-refractivity contribution in [3.8, 4) is 28.7 Å². The fourth-order valence-electron chi connectivity index (χ4n) is 5.51. The van der Waals surface area contributed by atoms with Crippen molar-refractivity contribution in [2.75, 3.05) is 32.8 Å². The van der Waals surface area contributed by atoms with Gasteiger partial charge in [-0.2, -0.15) is 0 Å². The first-order valence-corrected chi connectivity index (χ1v) is 12.8. The van der Waals surface area contributed by atoms with E-state index in [1.54, 1.807) is 24.3 Å². The quantitative estimate of drug-likeness (QED) is 0.477. The molecule has 186 valence electrons. The number of fused-ring (bicyclic) bond motifs is 4. The lowest BCUT2D eigenvalue weighted by Crippen LogP contribution is -2.33. The van der Waals surface area contributed by atoms with E-state index in [2.05, 4.69) is 4.90 Å². The maximum Gasteiger partial charge on any atom is 0.150 e. The first-order chi connectivity index (χ1) is 17.7. The number of piperidine rings is 1. The van der Waals surface area contributed by atoms with E-state index >= 15 is 0 Å². The zero-order chi connectivity index (χ0) is 24.5. The maximum absolute atomic E-state index is 10.2. The molecule has 1 atom stereocenters. The molecule has 6 rings (SSSR count). The molecule has 0 unspecified atom stereocenters. The fraction of sp³-hybridized carbons (Fsp3) is 0.333. The van der Waals surface area contributed by atoms with Crippen molar-refractivity contribution in [3.63, 3.8) is 0 Å². The van der Waals surface area contributed by atoms with Crippen molar-refractivity contribution in [1.82, 2.24) is 4.90 Å². The molecule has 2 N–H and O–H groups in total. The Balaban J connectivity index is 1.35. The highest BCUT2D eigenvalue weighted by Crippen LogP contribution is 2.52. The highest BCUT2D eigenvalue weighted by atomic mass is 16.5. The smallest absolute Gasteiger partial charge is 0.150 e. The second kappa shape index (κ2) is 9.78. The Morgan fingerprint density at radius 2 is 1.64 bits per heavy atom. The van der Waals surface area contributed by atoms with Gasteiger partial charge in [0.2, 0.25) is 0 Å². The molecule has 0 radical (unpaired) electrons. The van der Waals surface area contributed by atoms with Crippen LogP contribution in [0.3, 0.4) is 0 Å². The van der Waals surface area contributed by atoms with Crippen molar-refractivity contribution >= 4 is 11.1 Å². The number of hydrogen-bond donors (Lipinski definition) is 2. The zero-order valence-corrected chi connectivity index (χ0v) is 20.3. The van der Waals surface area contributed by atoms with Gasteiger partial charge < -0.3 is 24.4 Å². The molecule has 0 saturated carbocycles. The third-order valence-corrected chi connectivity index (χ3v) is 7.27. The summed E-state index contributed by atoms with van der Waals surface area (Å²) in [5, 5.41) is 20.2. The van der Waals surface area contributed by atoms with E-state index in [9.17, 15) is 10.2 Å². The van der Waals surface area contributed by atoms with Gasteiger partial charge in [0.1, 0.15) is 35.4 Å². The minimum Gasteiger partial charge on any atom is -0.508 e. The standard InChI is InChI=1S/C30H31NO5/c32-21-8-10-26-27(18-21)35-15-11-25-24-9-7-22(33)19-28(24)36-30(29(25)26)20-5-4-6-23(17-20)34-16-14-31-12-2-1-3-13-31/h4-10,17-19,30,32-33H,1-3,11-16H2/t30-/m1/s1. The molecular formula is C30H31NO5. The number of phenols is 2. The van der Waals surface area contributed by atoms with Crippen LogP contribution >= 0.6 is 0 Å². The number of benzene rings is 3. The molecule has 3 heterocycles. The van der Waals surface area contributed by atoms with E-state index < -0.39 is 6.10 Å². The van der Waals surface area contributed by atoms with Crippen LogP contribution in [0.5, 0.6) is 28.7 Å². The minimum atomic E-state index is -0.412.